The Hall–Kier alpha value is -0.450. The molecule has 0 aromatic carbocycles. The van der Waals surface area contributed by atoms with E-state index in [0.717, 1.165) is 18.2 Å². The molecule has 2 unspecified atom stereocenters. The van der Waals surface area contributed by atoms with E-state index in [-0.39, 0.29) is 6.10 Å². The van der Waals surface area contributed by atoms with Gasteiger partial charge in [0, 0.05) is 17.6 Å². The van der Waals surface area contributed by atoms with Gasteiger partial charge in [-0.05, 0) is 26.3 Å². The summed E-state index contributed by atoms with van der Waals surface area (Å²) >= 11 is 1.66. The average molecular weight is 226 g/mol. The Labute approximate surface area is 94.9 Å². The van der Waals surface area contributed by atoms with Crippen molar-refractivity contribution in [3.63, 3.8) is 0 Å². The lowest BCUT2D eigenvalue weighted by Crippen LogP contribution is -2.37. The molecule has 3 nitrogen and oxygen atoms in total. The molecule has 1 fully saturated rings. The summed E-state index contributed by atoms with van der Waals surface area (Å²) in [5.41, 5.74) is 0. The lowest BCUT2D eigenvalue weighted by atomic mass is 10.1. The van der Waals surface area contributed by atoms with Crippen molar-refractivity contribution >= 4 is 11.3 Å². The van der Waals surface area contributed by atoms with Gasteiger partial charge in [0.15, 0.2) is 0 Å². The van der Waals surface area contributed by atoms with Gasteiger partial charge in [0.1, 0.15) is 11.1 Å². The molecule has 84 valence electrons. The van der Waals surface area contributed by atoms with Gasteiger partial charge in [0.25, 0.3) is 0 Å². The molecular weight excluding hydrogens is 208 g/mol. The minimum absolute atomic E-state index is 0.133. The zero-order valence-corrected chi connectivity index (χ0v) is 9.93. The Morgan fingerprint density at radius 2 is 2.60 bits per heavy atom. The molecule has 1 aliphatic heterocycles. The zero-order chi connectivity index (χ0) is 10.5. The third kappa shape index (κ3) is 3.26. The van der Waals surface area contributed by atoms with E-state index in [1.54, 1.807) is 11.3 Å². The van der Waals surface area contributed by atoms with Crippen LogP contribution in [0.1, 0.15) is 37.3 Å². The molecule has 2 atom stereocenters. The number of piperidine rings is 1. The fourth-order valence-corrected chi connectivity index (χ4v) is 2.48. The monoisotopic (exact) mass is 226 g/mol. The topological polar surface area (TPSA) is 34.1 Å². The van der Waals surface area contributed by atoms with Crippen LogP contribution in [0.4, 0.5) is 0 Å². The first kappa shape index (κ1) is 11.0. The second kappa shape index (κ2) is 5.58. The van der Waals surface area contributed by atoms with E-state index in [2.05, 4.69) is 17.2 Å². The van der Waals surface area contributed by atoms with E-state index in [4.69, 9.17) is 4.74 Å². The Kier molecular flexibility index (Phi) is 4.11. The lowest BCUT2D eigenvalue weighted by molar-refractivity contribution is 0.0439. The molecule has 0 spiro atoms. The number of thiazole rings is 1. The number of ether oxygens (including phenoxy) is 1. The molecule has 15 heavy (non-hydrogen) atoms. The maximum Gasteiger partial charge on any atom is 0.121 e. The Bertz CT molecular complexity index is 270. The van der Waals surface area contributed by atoms with Crippen LogP contribution in [0.15, 0.2) is 11.6 Å². The third-order valence-corrected chi connectivity index (χ3v) is 3.70. The zero-order valence-electron chi connectivity index (χ0n) is 9.11. The normalized spacial score (nSPS) is 23.9. The van der Waals surface area contributed by atoms with Crippen molar-refractivity contribution in [1.29, 1.82) is 0 Å². The summed E-state index contributed by atoms with van der Waals surface area (Å²) in [6.45, 7) is 4.02. The van der Waals surface area contributed by atoms with Crippen LogP contribution in [0.25, 0.3) is 0 Å². The first-order valence-corrected chi connectivity index (χ1v) is 6.48. The average Bonchev–Trinajstić information content (AvgIpc) is 2.81. The molecule has 0 radical (unpaired) electrons. The third-order valence-electron chi connectivity index (χ3n) is 2.76. The summed E-state index contributed by atoms with van der Waals surface area (Å²) in [5, 5.41) is 6.55. The molecule has 1 aliphatic rings. The van der Waals surface area contributed by atoms with Crippen LogP contribution < -0.4 is 5.32 Å². The van der Waals surface area contributed by atoms with Gasteiger partial charge >= 0.3 is 0 Å². The quantitative estimate of drug-likeness (QED) is 0.856. The Morgan fingerprint density at radius 1 is 1.67 bits per heavy atom. The summed E-state index contributed by atoms with van der Waals surface area (Å²) in [6, 6.07) is 0.543. The van der Waals surface area contributed by atoms with Crippen LogP contribution in [0.3, 0.4) is 0 Å². The summed E-state index contributed by atoms with van der Waals surface area (Å²) in [5.74, 6) is 0. The summed E-state index contributed by atoms with van der Waals surface area (Å²) < 4.78 is 5.81. The second-order valence-electron chi connectivity index (χ2n) is 3.99. The van der Waals surface area contributed by atoms with Crippen molar-refractivity contribution < 1.29 is 4.74 Å². The van der Waals surface area contributed by atoms with Gasteiger partial charge in [-0.2, -0.15) is 0 Å². The van der Waals surface area contributed by atoms with Crippen LogP contribution in [0.2, 0.25) is 0 Å². The Morgan fingerprint density at radius 3 is 3.27 bits per heavy atom. The van der Waals surface area contributed by atoms with Crippen molar-refractivity contribution in [2.45, 2.75) is 38.3 Å². The summed E-state index contributed by atoms with van der Waals surface area (Å²) in [7, 11) is 0. The number of aromatic nitrogens is 1. The van der Waals surface area contributed by atoms with E-state index in [1.807, 2.05) is 11.6 Å². The molecule has 1 aromatic heterocycles. The van der Waals surface area contributed by atoms with Crippen molar-refractivity contribution in [2.24, 2.45) is 0 Å². The molecule has 0 amide bonds. The highest BCUT2D eigenvalue weighted by Crippen LogP contribution is 2.19. The van der Waals surface area contributed by atoms with Gasteiger partial charge in [-0.3, -0.25) is 0 Å². The first-order valence-electron chi connectivity index (χ1n) is 5.60. The second-order valence-corrected chi connectivity index (χ2v) is 4.92. The van der Waals surface area contributed by atoms with Gasteiger partial charge in [-0.25, -0.2) is 4.98 Å². The molecule has 2 rings (SSSR count). The lowest BCUT2D eigenvalue weighted by Gasteiger charge is -2.24. The minimum Gasteiger partial charge on any atom is -0.370 e. The maximum absolute atomic E-state index is 5.81. The highest BCUT2D eigenvalue weighted by molar-refractivity contribution is 7.09. The van der Waals surface area contributed by atoms with E-state index in [1.165, 1.54) is 19.3 Å². The predicted molar refractivity (Wildman–Crippen MR) is 62.1 cm³/mol. The molecule has 0 bridgehead atoms. The number of nitrogens with zero attached hydrogens (tertiary/aromatic N) is 1. The smallest absolute Gasteiger partial charge is 0.121 e. The van der Waals surface area contributed by atoms with Crippen molar-refractivity contribution in [1.82, 2.24) is 10.3 Å². The highest BCUT2D eigenvalue weighted by Gasteiger charge is 2.15. The van der Waals surface area contributed by atoms with E-state index < -0.39 is 0 Å². The Balaban J connectivity index is 1.73. The number of hydrogen-bond donors (Lipinski definition) is 1. The molecule has 0 aliphatic carbocycles. The first-order chi connectivity index (χ1) is 7.36. The molecule has 0 saturated carbocycles. The van der Waals surface area contributed by atoms with E-state index in [0.29, 0.717) is 6.04 Å². The minimum atomic E-state index is 0.133. The molecule has 1 aromatic rings. The maximum atomic E-state index is 5.81. The number of rotatable bonds is 4. The van der Waals surface area contributed by atoms with Crippen LogP contribution in [-0.4, -0.2) is 24.2 Å². The van der Waals surface area contributed by atoms with Gasteiger partial charge in [-0.1, -0.05) is 6.42 Å². The fourth-order valence-electron chi connectivity index (χ4n) is 1.83. The van der Waals surface area contributed by atoms with Crippen molar-refractivity contribution in [3.05, 3.63) is 16.6 Å². The van der Waals surface area contributed by atoms with Crippen LogP contribution in [-0.2, 0) is 4.74 Å². The fraction of sp³-hybridized carbons (Fsp3) is 0.727. The predicted octanol–water partition coefficient (Wildman–Crippen LogP) is 2.36. The van der Waals surface area contributed by atoms with Gasteiger partial charge in [-0.15, -0.1) is 11.3 Å². The van der Waals surface area contributed by atoms with Crippen LogP contribution >= 0.6 is 11.3 Å². The van der Waals surface area contributed by atoms with Gasteiger partial charge in [0.05, 0.1) is 6.61 Å². The standard InChI is InChI=1S/C11H18N2OS/c1-9(11-13-6-7-15-11)14-8-10-4-2-3-5-12-10/h6-7,9-10,12H,2-5,8H2,1H3. The largest absolute Gasteiger partial charge is 0.370 e. The molecule has 1 saturated heterocycles. The molecule has 1 N–H and O–H groups in total. The molecule has 4 heteroatoms. The summed E-state index contributed by atoms with van der Waals surface area (Å²) in [4.78, 5) is 4.25. The summed E-state index contributed by atoms with van der Waals surface area (Å²) in [6.07, 6.45) is 5.84. The van der Waals surface area contributed by atoms with Crippen molar-refractivity contribution in [3.8, 4) is 0 Å². The molecular formula is C11H18N2OS. The number of nitrogens with one attached hydrogen (secondary N) is 1. The van der Waals surface area contributed by atoms with Gasteiger partial charge in [0.2, 0.25) is 0 Å². The van der Waals surface area contributed by atoms with Crippen LogP contribution in [0.5, 0.6) is 0 Å². The molecule has 2 heterocycles. The van der Waals surface area contributed by atoms with E-state index >= 15 is 0 Å². The van der Waals surface area contributed by atoms with Crippen LogP contribution in [0, 0.1) is 0 Å². The SMILES string of the molecule is CC(OCC1CCCCN1)c1nccs1. The highest BCUT2D eigenvalue weighted by atomic mass is 32.1. The van der Waals surface area contributed by atoms with E-state index in [9.17, 15) is 0 Å². The van der Waals surface area contributed by atoms with Gasteiger partial charge < -0.3 is 10.1 Å². The number of hydrogen-bond acceptors (Lipinski definition) is 4. The van der Waals surface area contributed by atoms with Crippen molar-refractivity contribution in [2.75, 3.05) is 13.2 Å².